The minimum Gasteiger partial charge on any atom is -0.496 e. The standard InChI is InChI=1S/C12H16O3/c1-5-10(13)9-7-11(14-3)8(2)6-12(9)15-4/h6-7H,5H2,1-4H3. The third-order valence-electron chi connectivity index (χ3n) is 2.34. The van der Waals surface area contributed by atoms with Crippen LogP contribution in [0.4, 0.5) is 0 Å². The van der Waals surface area contributed by atoms with E-state index in [1.807, 2.05) is 19.9 Å². The Morgan fingerprint density at radius 2 is 1.80 bits per heavy atom. The summed E-state index contributed by atoms with van der Waals surface area (Å²) in [6.07, 6.45) is 0.461. The monoisotopic (exact) mass is 208 g/mol. The van der Waals surface area contributed by atoms with Gasteiger partial charge in [0.15, 0.2) is 5.78 Å². The quantitative estimate of drug-likeness (QED) is 0.713. The predicted molar refractivity (Wildman–Crippen MR) is 58.9 cm³/mol. The van der Waals surface area contributed by atoms with Crippen LogP contribution < -0.4 is 9.47 Å². The first-order valence-corrected chi connectivity index (χ1v) is 4.89. The van der Waals surface area contributed by atoms with Gasteiger partial charge in [-0.25, -0.2) is 0 Å². The van der Waals surface area contributed by atoms with E-state index < -0.39 is 0 Å². The molecule has 0 bridgehead atoms. The lowest BCUT2D eigenvalue weighted by atomic mass is 10.0. The van der Waals surface area contributed by atoms with E-state index in [0.29, 0.717) is 23.5 Å². The Hall–Kier alpha value is -1.51. The molecule has 0 aromatic heterocycles. The second kappa shape index (κ2) is 4.82. The lowest BCUT2D eigenvalue weighted by molar-refractivity contribution is 0.0985. The lowest BCUT2D eigenvalue weighted by Crippen LogP contribution is -2.02. The summed E-state index contributed by atoms with van der Waals surface area (Å²) in [4.78, 5) is 11.6. The fourth-order valence-electron chi connectivity index (χ4n) is 1.46. The van der Waals surface area contributed by atoms with Crippen LogP contribution in [0.2, 0.25) is 0 Å². The zero-order chi connectivity index (χ0) is 11.4. The summed E-state index contributed by atoms with van der Waals surface area (Å²) < 4.78 is 10.3. The number of Topliss-reactive ketones (excluding diaryl/α,β-unsaturated/α-hetero) is 1. The minimum absolute atomic E-state index is 0.0603. The molecule has 0 fully saturated rings. The zero-order valence-electron chi connectivity index (χ0n) is 9.59. The maximum Gasteiger partial charge on any atom is 0.166 e. The van der Waals surface area contributed by atoms with Gasteiger partial charge in [0, 0.05) is 6.42 Å². The van der Waals surface area contributed by atoms with Crippen molar-refractivity contribution in [2.75, 3.05) is 14.2 Å². The molecule has 0 N–H and O–H groups in total. The number of carbonyl (C=O) groups excluding carboxylic acids is 1. The highest BCUT2D eigenvalue weighted by molar-refractivity contribution is 5.99. The molecule has 3 nitrogen and oxygen atoms in total. The largest absolute Gasteiger partial charge is 0.496 e. The van der Waals surface area contributed by atoms with Crippen LogP contribution in [-0.4, -0.2) is 20.0 Å². The minimum atomic E-state index is 0.0603. The lowest BCUT2D eigenvalue weighted by Gasteiger charge is -2.11. The summed E-state index contributed by atoms with van der Waals surface area (Å²) in [6, 6.07) is 3.56. The third-order valence-corrected chi connectivity index (χ3v) is 2.34. The Labute approximate surface area is 90.0 Å². The molecular weight excluding hydrogens is 192 g/mol. The smallest absolute Gasteiger partial charge is 0.166 e. The first-order valence-electron chi connectivity index (χ1n) is 4.89. The van der Waals surface area contributed by atoms with Crippen LogP contribution in [0, 0.1) is 6.92 Å². The summed E-state index contributed by atoms with van der Waals surface area (Å²) in [6.45, 7) is 3.75. The maximum atomic E-state index is 11.6. The number of carbonyl (C=O) groups is 1. The van der Waals surface area contributed by atoms with Crippen molar-refractivity contribution in [1.29, 1.82) is 0 Å². The fraction of sp³-hybridized carbons (Fsp3) is 0.417. The average Bonchev–Trinajstić information content (AvgIpc) is 2.27. The molecule has 0 spiro atoms. The van der Waals surface area contributed by atoms with Crippen molar-refractivity contribution in [3.8, 4) is 11.5 Å². The van der Waals surface area contributed by atoms with Crippen molar-refractivity contribution in [2.45, 2.75) is 20.3 Å². The second-order valence-corrected chi connectivity index (χ2v) is 3.30. The van der Waals surface area contributed by atoms with Gasteiger partial charge in [-0.05, 0) is 24.6 Å². The highest BCUT2D eigenvalue weighted by Crippen LogP contribution is 2.28. The van der Waals surface area contributed by atoms with Gasteiger partial charge in [0.05, 0.1) is 19.8 Å². The molecule has 0 heterocycles. The molecular formula is C12H16O3. The number of rotatable bonds is 4. The summed E-state index contributed by atoms with van der Waals surface area (Å²) in [5.41, 5.74) is 1.55. The maximum absolute atomic E-state index is 11.6. The summed E-state index contributed by atoms with van der Waals surface area (Å²) in [7, 11) is 3.16. The molecule has 0 saturated carbocycles. The van der Waals surface area contributed by atoms with E-state index >= 15 is 0 Å². The van der Waals surface area contributed by atoms with Gasteiger partial charge in [0.1, 0.15) is 11.5 Å². The Balaban J connectivity index is 3.28. The van der Waals surface area contributed by atoms with Gasteiger partial charge in [-0.15, -0.1) is 0 Å². The number of ketones is 1. The van der Waals surface area contributed by atoms with Gasteiger partial charge in [-0.2, -0.15) is 0 Å². The number of aryl methyl sites for hydroxylation is 1. The normalized spacial score (nSPS) is 9.87. The average molecular weight is 208 g/mol. The van der Waals surface area contributed by atoms with Crippen LogP contribution in [0.5, 0.6) is 11.5 Å². The summed E-state index contributed by atoms with van der Waals surface area (Å²) in [5.74, 6) is 1.39. The van der Waals surface area contributed by atoms with Gasteiger partial charge >= 0.3 is 0 Å². The molecule has 0 aliphatic carbocycles. The van der Waals surface area contributed by atoms with Gasteiger partial charge in [-0.3, -0.25) is 4.79 Å². The van der Waals surface area contributed by atoms with E-state index in [0.717, 1.165) is 5.56 Å². The number of ether oxygens (including phenoxy) is 2. The van der Waals surface area contributed by atoms with Gasteiger partial charge in [-0.1, -0.05) is 6.92 Å². The number of hydrogen-bond donors (Lipinski definition) is 0. The van der Waals surface area contributed by atoms with Crippen molar-refractivity contribution in [3.05, 3.63) is 23.3 Å². The van der Waals surface area contributed by atoms with E-state index in [1.165, 1.54) is 0 Å². The van der Waals surface area contributed by atoms with Crippen LogP contribution in [0.15, 0.2) is 12.1 Å². The summed E-state index contributed by atoms with van der Waals surface area (Å²) >= 11 is 0. The Morgan fingerprint density at radius 1 is 1.20 bits per heavy atom. The number of hydrogen-bond acceptors (Lipinski definition) is 3. The van der Waals surface area contributed by atoms with Crippen molar-refractivity contribution in [3.63, 3.8) is 0 Å². The Morgan fingerprint density at radius 3 is 2.27 bits per heavy atom. The highest BCUT2D eigenvalue weighted by atomic mass is 16.5. The van der Waals surface area contributed by atoms with Crippen molar-refractivity contribution < 1.29 is 14.3 Å². The Bertz CT molecular complexity index is 369. The van der Waals surface area contributed by atoms with Crippen molar-refractivity contribution in [2.24, 2.45) is 0 Å². The third kappa shape index (κ3) is 2.29. The van der Waals surface area contributed by atoms with E-state index in [4.69, 9.17) is 9.47 Å². The van der Waals surface area contributed by atoms with Crippen LogP contribution in [-0.2, 0) is 0 Å². The topological polar surface area (TPSA) is 35.5 Å². The van der Waals surface area contributed by atoms with Crippen LogP contribution in [0.1, 0.15) is 29.3 Å². The first-order chi connectivity index (χ1) is 7.13. The Kier molecular flexibility index (Phi) is 3.72. The highest BCUT2D eigenvalue weighted by Gasteiger charge is 2.13. The second-order valence-electron chi connectivity index (χ2n) is 3.30. The SMILES string of the molecule is CCC(=O)c1cc(OC)c(C)cc1OC. The van der Waals surface area contributed by atoms with E-state index in [9.17, 15) is 4.79 Å². The molecule has 0 aliphatic heterocycles. The number of methoxy groups -OCH3 is 2. The first kappa shape index (κ1) is 11.6. The van der Waals surface area contributed by atoms with E-state index in [1.54, 1.807) is 20.3 Å². The molecule has 82 valence electrons. The van der Waals surface area contributed by atoms with Gasteiger partial charge < -0.3 is 9.47 Å². The zero-order valence-corrected chi connectivity index (χ0v) is 9.59. The fourth-order valence-corrected chi connectivity index (χ4v) is 1.46. The van der Waals surface area contributed by atoms with Crippen LogP contribution in [0.25, 0.3) is 0 Å². The molecule has 0 saturated heterocycles. The van der Waals surface area contributed by atoms with Crippen molar-refractivity contribution >= 4 is 5.78 Å². The van der Waals surface area contributed by atoms with Crippen molar-refractivity contribution in [1.82, 2.24) is 0 Å². The molecule has 3 heteroatoms. The van der Waals surface area contributed by atoms with E-state index in [-0.39, 0.29) is 5.78 Å². The van der Waals surface area contributed by atoms with Crippen LogP contribution in [0.3, 0.4) is 0 Å². The van der Waals surface area contributed by atoms with Crippen LogP contribution >= 0.6 is 0 Å². The molecule has 1 rings (SSSR count). The molecule has 15 heavy (non-hydrogen) atoms. The summed E-state index contributed by atoms with van der Waals surface area (Å²) in [5, 5.41) is 0. The molecule has 0 unspecified atom stereocenters. The predicted octanol–water partition coefficient (Wildman–Crippen LogP) is 2.60. The molecule has 1 aromatic carbocycles. The van der Waals surface area contributed by atoms with E-state index in [2.05, 4.69) is 0 Å². The molecule has 1 aromatic rings. The molecule has 0 amide bonds. The number of benzene rings is 1. The molecule has 0 radical (unpaired) electrons. The molecule has 0 aliphatic rings. The molecule has 0 atom stereocenters. The van der Waals surface area contributed by atoms with Gasteiger partial charge in [0.25, 0.3) is 0 Å². The van der Waals surface area contributed by atoms with Gasteiger partial charge in [0.2, 0.25) is 0 Å².